The number of nitrogens with zero attached hydrogens (tertiary/aromatic N) is 4. The van der Waals surface area contributed by atoms with Crippen molar-refractivity contribution in [3.8, 4) is 12.1 Å². The molecule has 0 aliphatic rings. The lowest BCUT2D eigenvalue weighted by Gasteiger charge is -1.95. The van der Waals surface area contributed by atoms with Crippen LogP contribution in [0.3, 0.4) is 0 Å². The Balaban J connectivity index is 2.35. The second-order valence-electron chi connectivity index (χ2n) is 2.90. The van der Waals surface area contributed by atoms with E-state index in [1.165, 1.54) is 6.21 Å². The van der Waals surface area contributed by atoms with Crippen LogP contribution in [0.4, 0.5) is 0 Å². The zero-order chi connectivity index (χ0) is 10.9. The zero-order valence-electron chi connectivity index (χ0n) is 8.17. The smallest absolute Gasteiger partial charge is 0.167 e. The third-order valence-corrected chi connectivity index (χ3v) is 1.81. The molecule has 0 aromatic carbocycles. The Labute approximate surface area is 88.5 Å². The van der Waals surface area contributed by atoms with E-state index in [0.29, 0.717) is 6.54 Å². The SMILES string of the molecule is N#CC(C#N)C=NCCc1ccncc1. The molecule has 1 rings (SSSR count). The Bertz CT molecular complexity index is 383. The lowest BCUT2D eigenvalue weighted by Crippen LogP contribution is -1.96. The van der Waals surface area contributed by atoms with Gasteiger partial charge in [0.1, 0.15) is 0 Å². The van der Waals surface area contributed by atoms with Crippen molar-refractivity contribution < 1.29 is 0 Å². The van der Waals surface area contributed by atoms with Crippen molar-refractivity contribution in [2.24, 2.45) is 10.9 Å². The molecule has 4 heteroatoms. The fraction of sp³-hybridized carbons (Fsp3) is 0.273. The molecule has 1 heterocycles. The minimum Gasteiger partial charge on any atom is -0.295 e. The van der Waals surface area contributed by atoms with Gasteiger partial charge in [-0.1, -0.05) is 0 Å². The average molecular weight is 198 g/mol. The van der Waals surface area contributed by atoms with Crippen molar-refractivity contribution in [2.75, 3.05) is 6.54 Å². The van der Waals surface area contributed by atoms with Crippen LogP contribution in [0.1, 0.15) is 5.56 Å². The Morgan fingerprint density at radius 2 is 2.00 bits per heavy atom. The van der Waals surface area contributed by atoms with E-state index < -0.39 is 5.92 Å². The van der Waals surface area contributed by atoms with Gasteiger partial charge in [0.25, 0.3) is 0 Å². The molecule has 0 bridgehead atoms. The Morgan fingerprint density at radius 1 is 1.33 bits per heavy atom. The highest BCUT2D eigenvalue weighted by Gasteiger charge is 1.98. The van der Waals surface area contributed by atoms with E-state index in [1.807, 2.05) is 24.3 Å². The molecule has 0 aliphatic carbocycles. The maximum absolute atomic E-state index is 8.47. The molecule has 0 atom stereocenters. The molecule has 0 N–H and O–H groups in total. The Kier molecular flexibility index (Phi) is 4.56. The molecule has 15 heavy (non-hydrogen) atoms. The van der Waals surface area contributed by atoms with Crippen LogP contribution in [0.2, 0.25) is 0 Å². The number of hydrogen-bond acceptors (Lipinski definition) is 4. The van der Waals surface area contributed by atoms with Crippen LogP contribution >= 0.6 is 0 Å². The summed E-state index contributed by atoms with van der Waals surface area (Å²) in [5.41, 5.74) is 1.15. The van der Waals surface area contributed by atoms with Crippen LogP contribution in [-0.2, 0) is 6.42 Å². The quantitative estimate of drug-likeness (QED) is 0.685. The molecule has 0 spiro atoms. The Morgan fingerprint density at radius 3 is 2.60 bits per heavy atom. The standard InChI is InChI=1S/C11H10N4/c12-7-11(8-13)9-15-6-3-10-1-4-14-5-2-10/h1-2,4-5,9,11H,3,6H2. The van der Waals surface area contributed by atoms with Crippen molar-refractivity contribution >= 4 is 6.21 Å². The molecule has 0 amide bonds. The van der Waals surface area contributed by atoms with Crippen LogP contribution in [0.15, 0.2) is 29.5 Å². The van der Waals surface area contributed by atoms with Gasteiger partial charge in [0, 0.05) is 25.2 Å². The summed E-state index contributed by atoms with van der Waals surface area (Å²) in [4.78, 5) is 7.92. The molecule has 0 saturated carbocycles. The molecule has 74 valence electrons. The van der Waals surface area contributed by atoms with Crippen LogP contribution < -0.4 is 0 Å². The normalized spacial score (nSPS) is 10.1. The second-order valence-corrected chi connectivity index (χ2v) is 2.90. The van der Waals surface area contributed by atoms with Crippen molar-refractivity contribution in [3.05, 3.63) is 30.1 Å². The number of aromatic nitrogens is 1. The molecule has 1 aromatic heterocycles. The van der Waals surface area contributed by atoms with E-state index in [1.54, 1.807) is 12.4 Å². The third-order valence-electron chi connectivity index (χ3n) is 1.81. The maximum Gasteiger partial charge on any atom is 0.167 e. The lowest BCUT2D eigenvalue weighted by molar-refractivity contribution is 0.958. The predicted molar refractivity (Wildman–Crippen MR) is 56.0 cm³/mol. The monoisotopic (exact) mass is 198 g/mol. The average Bonchev–Trinajstić information content (AvgIpc) is 2.31. The minimum absolute atomic E-state index is 0.587. The van der Waals surface area contributed by atoms with Gasteiger partial charge in [0.15, 0.2) is 5.92 Å². The molecular formula is C11H10N4. The van der Waals surface area contributed by atoms with Crippen LogP contribution in [-0.4, -0.2) is 17.7 Å². The summed E-state index contributed by atoms with van der Waals surface area (Å²) in [7, 11) is 0. The molecule has 0 aliphatic heterocycles. The fourth-order valence-corrected chi connectivity index (χ4v) is 1.02. The molecule has 0 fully saturated rings. The topological polar surface area (TPSA) is 72.8 Å². The van der Waals surface area contributed by atoms with Crippen LogP contribution in [0.5, 0.6) is 0 Å². The summed E-state index contributed by atoms with van der Waals surface area (Å²) in [5, 5.41) is 16.9. The first-order valence-electron chi connectivity index (χ1n) is 4.55. The second kappa shape index (κ2) is 6.28. The van der Waals surface area contributed by atoms with Gasteiger partial charge in [0.2, 0.25) is 0 Å². The number of rotatable bonds is 4. The summed E-state index contributed by atoms with van der Waals surface area (Å²) >= 11 is 0. The summed E-state index contributed by atoms with van der Waals surface area (Å²) < 4.78 is 0. The van der Waals surface area contributed by atoms with Crippen molar-refractivity contribution in [3.63, 3.8) is 0 Å². The molecule has 0 unspecified atom stereocenters. The van der Waals surface area contributed by atoms with E-state index in [9.17, 15) is 0 Å². The molecule has 0 radical (unpaired) electrons. The first kappa shape index (κ1) is 10.9. The summed E-state index contributed by atoms with van der Waals surface area (Å²) in [5.74, 6) is -0.734. The van der Waals surface area contributed by atoms with Gasteiger partial charge in [-0.3, -0.25) is 9.98 Å². The summed E-state index contributed by atoms with van der Waals surface area (Å²) in [6, 6.07) is 7.50. The predicted octanol–water partition coefficient (Wildman–Crippen LogP) is 1.36. The molecule has 4 nitrogen and oxygen atoms in total. The van der Waals surface area contributed by atoms with Crippen molar-refractivity contribution in [1.29, 1.82) is 10.5 Å². The number of pyridine rings is 1. The van der Waals surface area contributed by atoms with Gasteiger partial charge in [-0.15, -0.1) is 0 Å². The van der Waals surface area contributed by atoms with E-state index in [-0.39, 0.29) is 0 Å². The minimum atomic E-state index is -0.734. The highest BCUT2D eigenvalue weighted by molar-refractivity contribution is 5.67. The molecular weight excluding hydrogens is 188 g/mol. The highest BCUT2D eigenvalue weighted by Crippen LogP contribution is 1.97. The van der Waals surface area contributed by atoms with Gasteiger partial charge < -0.3 is 0 Å². The van der Waals surface area contributed by atoms with E-state index >= 15 is 0 Å². The molecule has 0 saturated heterocycles. The highest BCUT2D eigenvalue weighted by atomic mass is 14.7. The lowest BCUT2D eigenvalue weighted by atomic mass is 10.2. The zero-order valence-corrected chi connectivity index (χ0v) is 8.17. The van der Waals surface area contributed by atoms with Crippen molar-refractivity contribution in [2.45, 2.75) is 6.42 Å². The van der Waals surface area contributed by atoms with Crippen LogP contribution in [0, 0.1) is 28.6 Å². The van der Waals surface area contributed by atoms with Gasteiger partial charge in [-0.25, -0.2) is 0 Å². The number of nitriles is 2. The van der Waals surface area contributed by atoms with Gasteiger partial charge in [-0.05, 0) is 24.1 Å². The van der Waals surface area contributed by atoms with Crippen LogP contribution in [0.25, 0.3) is 0 Å². The number of aliphatic imine (C=N–C) groups is 1. The van der Waals surface area contributed by atoms with E-state index in [2.05, 4.69) is 9.98 Å². The van der Waals surface area contributed by atoms with Crippen molar-refractivity contribution in [1.82, 2.24) is 4.98 Å². The maximum atomic E-state index is 8.47. The molecule has 1 aromatic rings. The Hall–Kier alpha value is -2.20. The van der Waals surface area contributed by atoms with Gasteiger partial charge >= 0.3 is 0 Å². The van der Waals surface area contributed by atoms with Gasteiger partial charge in [-0.2, -0.15) is 10.5 Å². The first-order chi connectivity index (χ1) is 7.36. The fourth-order valence-electron chi connectivity index (χ4n) is 1.02. The number of hydrogen-bond donors (Lipinski definition) is 0. The first-order valence-corrected chi connectivity index (χ1v) is 4.55. The van der Waals surface area contributed by atoms with E-state index in [4.69, 9.17) is 10.5 Å². The summed E-state index contributed by atoms with van der Waals surface area (Å²) in [6.07, 6.45) is 5.64. The largest absolute Gasteiger partial charge is 0.295 e. The third kappa shape index (κ3) is 4.02. The summed E-state index contributed by atoms with van der Waals surface area (Å²) in [6.45, 7) is 0.587. The van der Waals surface area contributed by atoms with Gasteiger partial charge in [0.05, 0.1) is 12.1 Å². The van der Waals surface area contributed by atoms with E-state index in [0.717, 1.165) is 12.0 Å².